The summed E-state index contributed by atoms with van der Waals surface area (Å²) in [5.41, 5.74) is 1.15. The molecule has 0 heterocycles. The van der Waals surface area contributed by atoms with Crippen LogP contribution in [-0.4, -0.2) is 25.2 Å². The Bertz CT molecular complexity index is 441. The average molecular weight is 291 g/mol. The van der Waals surface area contributed by atoms with Gasteiger partial charge in [-0.1, -0.05) is 26.0 Å². The number of ether oxygens (including phenoxy) is 1. The molecular formula is C17H29N3O. The molecule has 0 bridgehead atoms. The number of rotatable bonds is 7. The van der Waals surface area contributed by atoms with E-state index in [2.05, 4.69) is 62.4 Å². The molecule has 0 amide bonds. The minimum atomic E-state index is 0.364. The lowest BCUT2D eigenvalue weighted by atomic mass is 10.2. The van der Waals surface area contributed by atoms with E-state index >= 15 is 0 Å². The summed E-state index contributed by atoms with van der Waals surface area (Å²) < 4.78 is 5.75. The van der Waals surface area contributed by atoms with Gasteiger partial charge in [0.1, 0.15) is 5.75 Å². The summed E-state index contributed by atoms with van der Waals surface area (Å²) in [6, 6.07) is 8.51. The Balaban J connectivity index is 2.65. The van der Waals surface area contributed by atoms with Gasteiger partial charge in [0.05, 0.1) is 13.2 Å². The Hall–Kier alpha value is -1.71. The summed E-state index contributed by atoms with van der Waals surface area (Å²) in [6.07, 6.45) is 0. The number of hydrogen-bond acceptors (Lipinski definition) is 2. The molecule has 4 nitrogen and oxygen atoms in total. The number of hydrogen-bond donors (Lipinski definition) is 2. The maximum absolute atomic E-state index is 5.75. The molecule has 2 N–H and O–H groups in total. The van der Waals surface area contributed by atoms with Gasteiger partial charge in [-0.15, -0.1) is 0 Å². The van der Waals surface area contributed by atoms with E-state index in [0.717, 1.165) is 30.4 Å². The Labute approximate surface area is 129 Å². The summed E-state index contributed by atoms with van der Waals surface area (Å²) in [5, 5.41) is 6.56. The molecule has 1 rings (SSSR count). The lowest BCUT2D eigenvalue weighted by molar-refractivity contribution is 0.271. The topological polar surface area (TPSA) is 45.7 Å². The molecule has 1 aromatic carbocycles. The Kier molecular flexibility index (Phi) is 7.65. The standard InChI is InChI=1S/C17H29N3O/c1-6-18-17(20-14(4)5)19-11-15-8-7-9-16(10-15)21-12-13(2)3/h7-10,13-14H,6,11-12H2,1-5H3,(H2,18,19,20). The van der Waals surface area contributed by atoms with E-state index in [1.54, 1.807) is 0 Å². The van der Waals surface area contributed by atoms with Crippen molar-refractivity contribution in [2.24, 2.45) is 10.9 Å². The van der Waals surface area contributed by atoms with Crippen LogP contribution >= 0.6 is 0 Å². The maximum atomic E-state index is 5.75. The zero-order chi connectivity index (χ0) is 15.7. The predicted molar refractivity (Wildman–Crippen MR) is 89.9 cm³/mol. The number of aliphatic imine (C=N–C) groups is 1. The van der Waals surface area contributed by atoms with Crippen LogP contribution in [0.3, 0.4) is 0 Å². The molecule has 0 aromatic heterocycles. The summed E-state index contributed by atoms with van der Waals surface area (Å²) >= 11 is 0. The number of nitrogens with zero attached hydrogens (tertiary/aromatic N) is 1. The van der Waals surface area contributed by atoms with Gasteiger partial charge < -0.3 is 15.4 Å². The third-order valence-corrected chi connectivity index (χ3v) is 2.67. The molecule has 0 aliphatic carbocycles. The normalized spacial score (nSPS) is 11.9. The molecule has 0 atom stereocenters. The molecule has 0 fully saturated rings. The van der Waals surface area contributed by atoms with Crippen molar-refractivity contribution in [3.05, 3.63) is 29.8 Å². The second-order valence-electron chi connectivity index (χ2n) is 5.85. The van der Waals surface area contributed by atoms with Crippen LogP contribution in [0.25, 0.3) is 0 Å². The van der Waals surface area contributed by atoms with Crippen LogP contribution in [0.1, 0.15) is 40.2 Å². The van der Waals surface area contributed by atoms with Crippen molar-refractivity contribution in [1.29, 1.82) is 0 Å². The summed E-state index contributed by atoms with van der Waals surface area (Å²) in [5.74, 6) is 2.29. The zero-order valence-electron chi connectivity index (χ0n) is 13.9. The number of benzene rings is 1. The van der Waals surface area contributed by atoms with Gasteiger partial charge in [0.15, 0.2) is 5.96 Å². The second kappa shape index (κ2) is 9.27. The minimum Gasteiger partial charge on any atom is -0.493 e. The monoisotopic (exact) mass is 291 g/mol. The van der Waals surface area contributed by atoms with Crippen molar-refractivity contribution >= 4 is 5.96 Å². The summed E-state index contributed by atoms with van der Waals surface area (Å²) in [6.45, 7) is 12.8. The van der Waals surface area contributed by atoms with Gasteiger partial charge in [-0.25, -0.2) is 4.99 Å². The molecule has 0 unspecified atom stereocenters. The quantitative estimate of drug-likeness (QED) is 0.599. The first kappa shape index (κ1) is 17.3. The molecule has 0 aliphatic heterocycles. The van der Waals surface area contributed by atoms with Crippen LogP contribution in [0.2, 0.25) is 0 Å². The molecule has 0 radical (unpaired) electrons. The van der Waals surface area contributed by atoms with Gasteiger partial charge in [-0.3, -0.25) is 0 Å². The molecule has 21 heavy (non-hydrogen) atoms. The number of nitrogens with one attached hydrogen (secondary N) is 2. The zero-order valence-corrected chi connectivity index (χ0v) is 13.9. The highest BCUT2D eigenvalue weighted by Gasteiger charge is 2.01. The Morgan fingerprint density at radius 1 is 1.24 bits per heavy atom. The van der Waals surface area contributed by atoms with E-state index < -0.39 is 0 Å². The molecular weight excluding hydrogens is 262 g/mol. The molecule has 0 spiro atoms. The lowest BCUT2D eigenvalue weighted by Gasteiger charge is -2.14. The van der Waals surface area contributed by atoms with Gasteiger partial charge in [0.2, 0.25) is 0 Å². The van der Waals surface area contributed by atoms with Crippen LogP contribution in [-0.2, 0) is 6.54 Å². The van der Waals surface area contributed by atoms with E-state index in [4.69, 9.17) is 4.74 Å². The van der Waals surface area contributed by atoms with Gasteiger partial charge in [0.25, 0.3) is 0 Å². The third-order valence-electron chi connectivity index (χ3n) is 2.67. The van der Waals surface area contributed by atoms with Gasteiger partial charge in [-0.05, 0) is 44.4 Å². The third kappa shape index (κ3) is 7.59. The van der Waals surface area contributed by atoms with Crippen LogP contribution in [0.5, 0.6) is 5.75 Å². The summed E-state index contributed by atoms with van der Waals surface area (Å²) in [7, 11) is 0. The largest absolute Gasteiger partial charge is 0.493 e. The predicted octanol–water partition coefficient (Wildman–Crippen LogP) is 3.18. The van der Waals surface area contributed by atoms with Crippen molar-refractivity contribution in [3.63, 3.8) is 0 Å². The van der Waals surface area contributed by atoms with E-state index in [9.17, 15) is 0 Å². The smallest absolute Gasteiger partial charge is 0.191 e. The van der Waals surface area contributed by atoms with Crippen molar-refractivity contribution in [1.82, 2.24) is 10.6 Å². The van der Waals surface area contributed by atoms with Crippen LogP contribution in [0.4, 0.5) is 0 Å². The highest BCUT2D eigenvalue weighted by molar-refractivity contribution is 5.79. The van der Waals surface area contributed by atoms with E-state index in [1.807, 2.05) is 12.1 Å². The SMILES string of the molecule is CCNC(=NCc1cccc(OCC(C)C)c1)NC(C)C. The first-order valence-electron chi connectivity index (χ1n) is 7.77. The van der Waals surface area contributed by atoms with E-state index in [0.29, 0.717) is 18.5 Å². The first-order chi connectivity index (χ1) is 10.0. The van der Waals surface area contributed by atoms with Gasteiger partial charge in [0, 0.05) is 12.6 Å². The van der Waals surface area contributed by atoms with Gasteiger partial charge in [-0.2, -0.15) is 0 Å². The highest BCUT2D eigenvalue weighted by Crippen LogP contribution is 2.15. The fraction of sp³-hybridized carbons (Fsp3) is 0.588. The molecule has 118 valence electrons. The lowest BCUT2D eigenvalue weighted by Crippen LogP contribution is -2.40. The van der Waals surface area contributed by atoms with Gasteiger partial charge >= 0.3 is 0 Å². The highest BCUT2D eigenvalue weighted by atomic mass is 16.5. The fourth-order valence-electron chi connectivity index (χ4n) is 1.76. The molecule has 0 aliphatic rings. The average Bonchev–Trinajstić information content (AvgIpc) is 2.43. The summed E-state index contributed by atoms with van der Waals surface area (Å²) in [4.78, 5) is 4.60. The maximum Gasteiger partial charge on any atom is 0.191 e. The van der Waals surface area contributed by atoms with Crippen LogP contribution in [0.15, 0.2) is 29.3 Å². The van der Waals surface area contributed by atoms with E-state index in [1.165, 1.54) is 0 Å². The number of guanidine groups is 1. The van der Waals surface area contributed by atoms with Crippen LogP contribution < -0.4 is 15.4 Å². The minimum absolute atomic E-state index is 0.364. The van der Waals surface area contributed by atoms with Crippen molar-refractivity contribution < 1.29 is 4.74 Å². The van der Waals surface area contributed by atoms with Crippen molar-refractivity contribution in [3.8, 4) is 5.75 Å². The molecule has 4 heteroatoms. The fourth-order valence-corrected chi connectivity index (χ4v) is 1.76. The second-order valence-corrected chi connectivity index (χ2v) is 5.85. The first-order valence-corrected chi connectivity index (χ1v) is 7.77. The van der Waals surface area contributed by atoms with Crippen LogP contribution in [0, 0.1) is 5.92 Å². The van der Waals surface area contributed by atoms with Crippen molar-refractivity contribution in [2.45, 2.75) is 47.2 Å². The molecule has 0 saturated heterocycles. The molecule has 0 saturated carbocycles. The Morgan fingerprint density at radius 2 is 2.00 bits per heavy atom. The van der Waals surface area contributed by atoms with E-state index in [-0.39, 0.29) is 0 Å². The van der Waals surface area contributed by atoms with Crippen molar-refractivity contribution in [2.75, 3.05) is 13.2 Å². The molecule has 1 aromatic rings. The Morgan fingerprint density at radius 3 is 2.62 bits per heavy atom.